The van der Waals surface area contributed by atoms with Gasteiger partial charge in [0.25, 0.3) is 17.1 Å². The van der Waals surface area contributed by atoms with Crippen LogP contribution in [0.2, 0.25) is 5.02 Å². The van der Waals surface area contributed by atoms with Gasteiger partial charge in [-0.25, -0.2) is 0 Å². The molecule has 3 aromatic carbocycles. The zero-order valence-electron chi connectivity index (χ0n) is 20.3. The number of amides is 3. The minimum absolute atomic E-state index is 0.00544. The van der Waals surface area contributed by atoms with E-state index in [1.165, 1.54) is 0 Å². The number of carbonyl (C=O) groups excluding carboxylic acids is 3. The molecule has 1 aliphatic heterocycles. The first-order valence-corrected chi connectivity index (χ1v) is 12.8. The highest BCUT2D eigenvalue weighted by molar-refractivity contribution is 8.18. The van der Waals surface area contributed by atoms with Crippen molar-refractivity contribution >= 4 is 52.2 Å². The Kier molecular flexibility index (Phi) is 8.69. The summed E-state index contributed by atoms with van der Waals surface area (Å²) >= 11 is 7.27. The lowest BCUT2D eigenvalue weighted by molar-refractivity contribution is -0.123. The van der Waals surface area contributed by atoms with Crippen LogP contribution in [0.15, 0.2) is 71.6 Å². The minimum Gasteiger partial charge on any atom is -0.490 e. The maximum Gasteiger partial charge on any atom is 0.293 e. The molecule has 38 heavy (non-hydrogen) atoms. The van der Waals surface area contributed by atoms with Gasteiger partial charge in [0.15, 0.2) is 18.1 Å². The summed E-state index contributed by atoms with van der Waals surface area (Å²) in [6.45, 7) is 1.80. The Morgan fingerprint density at radius 3 is 2.58 bits per heavy atom. The van der Waals surface area contributed by atoms with Crippen molar-refractivity contribution in [3.8, 4) is 17.6 Å². The fourth-order valence-corrected chi connectivity index (χ4v) is 4.77. The van der Waals surface area contributed by atoms with E-state index in [-0.39, 0.29) is 34.7 Å². The maximum absolute atomic E-state index is 13.0. The summed E-state index contributed by atoms with van der Waals surface area (Å²) in [5.41, 5.74) is 2.13. The lowest BCUT2D eigenvalue weighted by Gasteiger charge is -2.15. The Labute approximate surface area is 228 Å². The number of imide groups is 1. The fourth-order valence-electron chi connectivity index (χ4n) is 3.66. The average molecular weight is 548 g/mol. The van der Waals surface area contributed by atoms with Crippen LogP contribution in [-0.4, -0.2) is 35.2 Å². The van der Waals surface area contributed by atoms with Gasteiger partial charge in [-0.1, -0.05) is 48.0 Å². The van der Waals surface area contributed by atoms with E-state index in [0.29, 0.717) is 34.7 Å². The molecule has 1 fully saturated rings. The van der Waals surface area contributed by atoms with Crippen LogP contribution in [0.3, 0.4) is 0 Å². The second-order valence-corrected chi connectivity index (χ2v) is 9.40. The zero-order chi connectivity index (χ0) is 27.1. The SMILES string of the molecule is CCOc1cc(/C=C2/SC(=O)N(Cc3ccccc3C#N)C2=O)cc(Cl)c1OCC(=O)Nc1ccccc1. The van der Waals surface area contributed by atoms with Crippen molar-refractivity contribution in [2.75, 3.05) is 18.5 Å². The Morgan fingerprint density at radius 2 is 1.84 bits per heavy atom. The van der Waals surface area contributed by atoms with E-state index in [0.717, 1.165) is 16.7 Å². The summed E-state index contributed by atoms with van der Waals surface area (Å²) in [5, 5.41) is 11.8. The highest BCUT2D eigenvalue weighted by atomic mass is 35.5. The number of anilines is 1. The summed E-state index contributed by atoms with van der Waals surface area (Å²) in [7, 11) is 0. The van der Waals surface area contributed by atoms with Gasteiger partial charge in [-0.3, -0.25) is 19.3 Å². The van der Waals surface area contributed by atoms with E-state index < -0.39 is 11.1 Å². The molecule has 0 aliphatic carbocycles. The van der Waals surface area contributed by atoms with Crippen molar-refractivity contribution in [2.24, 2.45) is 0 Å². The van der Waals surface area contributed by atoms with Crippen molar-refractivity contribution in [3.63, 3.8) is 0 Å². The van der Waals surface area contributed by atoms with Gasteiger partial charge in [0, 0.05) is 5.69 Å². The molecule has 3 aromatic rings. The van der Waals surface area contributed by atoms with Crippen LogP contribution in [0.25, 0.3) is 6.08 Å². The van der Waals surface area contributed by atoms with E-state index in [9.17, 15) is 19.6 Å². The topological polar surface area (TPSA) is 109 Å². The van der Waals surface area contributed by atoms with E-state index in [2.05, 4.69) is 11.4 Å². The second-order valence-electron chi connectivity index (χ2n) is 8.00. The van der Waals surface area contributed by atoms with Crippen LogP contribution in [0.1, 0.15) is 23.6 Å². The molecule has 192 valence electrons. The number of para-hydroxylation sites is 1. The number of rotatable bonds is 9. The van der Waals surface area contributed by atoms with Crippen molar-refractivity contribution in [2.45, 2.75) is 13.5 Å². The van der Waals surface area contributed by atoms with Gasteiger partial charge in [0.2, 0.25) is 0 Å². The third-order valence-electron chi connectivity index (χ3n) is 5.37. The van der Waals surface area contributed by atoms with Gasteiger partial charge in [-0.2, -0.15) is 5.26 Å². The van der Waals surface area contributed by atoms with Gasteiger partial charge in [0.1, 0.15) is 0 Å². The monoisotopic (exact) mass is 547 g/mol. The van der Waals surface area contributed by atoms with Crippen LogP contribution in [0, 0.1) is 11.3 Å². The number of nitriles is 1. The molecule has 1 saturated heterocycles. The Morgan fingerprint density at radius 1 is 1.11 bits per heavy atom. The molecule has 8 nitrogen and oxygen atoms in total. The number of nitrogens with zero attached hydrogens (tertiary/aromatic N) is 2. The Hall–Kier alpha value is -4.26. The van der Waals surface area contributed by atoms with Crippen LogP contribution in [0.5, 0.6) is 11.5 Å². The molecule has 0 radical (unpaired) electrons. The smallest absolute Gasteiger partial charge is 0.293 e. The normalized spacial score (nSPS) is 13.9. The molecular formula is C28H22ClN3O5S. The third kappa shape index (κ3) is 6.35. The van der Waals surface area contributed by atoms with Crippen LogP contribution in [0.4, 0.5) is 10.5 Å². The number of benzene rings is 3. The van der Waals surface area contributed by atoms with E-state index >= 15 is 0 Å². The summed E-state index contributed by atoms with van der Waals surface area (Å²) < 4.78 is 11.3. The first kappa shape index (κ1) is 26.8. The molecule has 0 aromatic heterocycles. The quantitative estimate of drug-likeness (QED) is 0.334. The fraction of sp³-hybridized carbons (Fsp3) is 0.143. The van der Waals surface area contributed by atoms with Gasteiger partial charge >= 0.3 is 0 Å². The number of carbonyl (C=O) groups is 3. The number of nitrogens with one attached hydrogen (secondary N) is 1. The maximum atomic E-state index is 13.0. The van der Waals surface area contributed by atoms with Crippen molar-refractivity contribution in [1.29, 1.82) is 5.26 Å². The third-order valence-corrected chi connectivity index (χ3v) is 6.56. The van der Waals surface area contributed by atoms with Crippen LogP contribution >= 0.6 is 23.4 Å². The van der Waals surface area contributed by atoms with E-state index in [1.54, 1.807) is 73.7 Å². The molecule has 1 N–H and O–H groups in total. The molecule has 1 heterocycles. The second kappa shape index (κ2) is 12.3. The number of hydrogen-bond donors (Lipinski definition) is 1. The molecule has 0 saturated carbocycles. The molecule has 0 spiro atoms. The predicted octanol–water partition coefficient (Wildman–Crippen LogP) is 5.86. The van der Waals surface area contributed by atoms with Gasteiger partial charge in [-0.05, 0) is 66.2 Å². The molecule has 0 bridgehead atoms. The summed E-state index contributed by atoms with van der Waals surface area (Å²) in [4.78, 5) is 39.2. The highest BCUT2D eigenvalue weighted by Gasteiger charge is 2.35. The zero-order valence-corrected chi connectivity index (χ0v) is 21.8. The van der Waals surface area contributed by atoms with Crippen LogP contribution in [-0.2, 0) is 16.1 Å². The summed E-state index contributed by atoms with van der Waals surface area (Å²) in [6, 6.07) is 21.0. The van der Waals surface area contributed by atoms with Crippen LogP contribution < -0.4 is 14.8 Å². The first-order valence-electron chi connectivity index (χ1n) is 11.6. The standard InChI is InChI=1S/C28H22ClN3O5S/c1-2-36-23-13-18(12-22(29)26(23)37-17-25(33)31-21-10-4-3-5-11-21)14-24-27(34)32(28(35)38-24)16-20-9-7-6-8-19(20)15-30/h3-14H,2,16-17H2,1H3,(H,31,33)/b24-14+. The molecule has 0 unspecified atom stereocenters. The Balaban J connectivity index is 1.51. The van der Waals surface area contributed by atoms with Crippen molar-refractivity contribution in [3.05, 3.63) is 93.3 Å². The summed E-state index contributed by atoms with van der Waals surface area (Å²) in [6.07, 6.45) is 1.54. The Bertz CT molecular complexity index is 1450. The minimum atomic E-state index is -0.472. The van der Waals surface area contributed by atoms with Crippen molar-refractivity contribution in [1.82, 2.24) is 4.90 Å². The number of ether oxygens (including phenoxy) is 2. The molecule has 1 aliphatic rings. The van der Waals surface area contributed by atoms with E-state index in [4.69, 9.17) is 21.1 Å². The number of halogens is 1. The van der Waals surface area contributed by atoms with Gasteiger partial charge < -0.3 is 14.8 Å². The predicted molar refractivity (Wildman–Crippen MR) is 146 cm³/mol. The highest BCUT2D eigenvalue weighted by Crippen LogP contribution is 2.39. The van der Waals surface area contributed by atoms with E-state index in [1.807, 2.05) is 6.07 Å². The largest absolute Gasteiger partial charge is 0.490 e. The summed E-state index contributed by atoms with van der Waals surface area (Å²) in [5.74, 6) is -0.360. The molecule has 3 amide bonds. The molecule has 10 heteroatoms. The molecule has 0 atom stereocenters. The van der Waals surface area contributed by atoms with Crippen molar-refractivity contribution < 1.29 is 23.9 Å². The van der Waals surface area contributed by atoms with Gasteiger partial charge in [0.05, 0.1) is 34.7 Å². The first-order chi connectivity index (χ1) is 18.4. The molecular weight excluding hydrogens is 526 g/mol. The lowest BCUT2D eigenvalue weighted by Crippen LogP contribution is -2.27. The lowest BCUT2D eigenvalue weighted by atomic mass is 10.1. The average Bonchev–Trinajstić information content (AvgIpc) is 3.16. The number of hydrogen-bond acceptors (Lipinski definition) is 7. The molecule has 4 rings (SSSR count). The van der Waals surface area contributed by atoms with Gasteiger partial charge in [-0.15, -0.1) is 0 Å². The number of thioether (sulfide) groups is 1.